The monoisotopic (exact) mass is 249 g/mol. The summed E-state index contributed by atoms with van der Waals surface area (Å²) in [4.78, 5) is 0. The maximum absolute atomic E-state index is 13.1. The summed E-state index contributed by atoms with van der Waals surface area (Å²) in [5.41, 5.74) is 0.188. The van der Waals surface area contributed by atoms with Crippen LogP contribution in [-0.4, -0.2) is 27.0 Å². The van der Waals surface area contributed by atoms with E-state index in [0.29, 0.717) is 0 Å². The van der Waals surface area contributed by atoms with Crippen LogP contribution in [0.4, 0.5) is 8.78 Å². The van der Waals surface area contributed by atoms with Gasteiger partial charge in [-0.15, -0.1) is 0 Å². The second-order valence-electron chi connectivity index (χ2n) is 3.54. The summed E-state index contributed by atoms with van der Waals surface area (Å²) in [5.74, 6) is -1.04. The quantitative estimate of drug-likeness (QED) is 0.795. The largest absolute Gasteiger partial charge is 0.312 e. The molecule has 0 aliphatic carbocycles. The van der Waals surface area contributed by atoms with Crippen LogP contribution >= 0.6 is 0 Å². The molecule has 1 aromatic rings. The number of sulfone groups is 1. The van der Waals surface area contributed by atoms with E-state index in [2.05, 4.69) is 5.32 Å². The number of rotatable bonds is 5. The van der Waals surface area contributed by atoms with E-state index in [1.165, 1.54) is 0 Å². The van der Waals surface area contributed by atoms with Crippen molar-refractivity contribution < 1.29 is 17.2 Å². The Bertz CT molecular complexity index is 460. The average Bonchev–Trinajstić information content (AvgIpc) is 2.16. The van der Waals surface area contributed by atoms with Crippen molar-refractivity contribution in [1.82, 2.24) is 5.32 Å². The van der Waals surface area contributed by atoms with Crippen LogP contribution in [0.2, 0.25) is 0 Å². The van der Waals surface area contributed by atoms with Crippen molar-refractivity contribution in [2.75, 3.05) is 18.6 Å². The molecular weight excluding hydrogens is 236 g/mol. The summed E-state index contributed by atoms with van der Waals surface area (Å²) >= 11 is 0. The van der Waals surface area contributed by atoms with Crippen LogP contribution in [0, 0.1) is 11.6 Å². The Morgan fingerprint density at radius 2 is 2.00 bits per heavy atom. The molecule has 0 radical (unpaired) electrons. The minimum Gasteiger partial charge on any atom is -0.312 e. The van der Waals surface area contributed by atoms with Gasteiger partial charge in [0.25, 0.3) is 0 Å². The number of halogens is 2. The van der Waals surface area contributed by atoms with Gasteiger partial charge in [-0.05, 0) is 18.2 Å². The minimum atomic E-state index is -3.03. The van der Waals surface area contributed by atoms with Gasteiger partial charge in [0.15, 0.2) is 0 Å². The van der Waals surface area contributed by atoms with E-state index in [1.54, 1.807) is 0 Å². The summed E-state index contributed by atoms with van der Waals surface area (Å²) in [6.07, 6.45) is 1.12. The van der Waals surface area contributed by atoms with Crippen molar-refractivity contribution in [2.45, 2.75) is 6.54 Å². The van der Waals surface area contributed by atoms with Gasteiger partial charge in [-0.1, -0.05) is 0 Å². The predicted molar refractivity (Wildman–Crippen MR) is 57.8 cm³/mol. The zero-order chi connectivity index (χ0) is 12.2. The lowest BCUT2D eigenvalue weighted by Crippen LogP contribution is -2.22. The molecule has 0 heterocycles. The lowest BCUT2D eigenvalue weighted by Gasteiger charge is -2.05. The highest BCUT2D eigenvalue weighted by molar-refractivity contribution is 7.90. The van der Waals surface area contributed by atoms with Gasteiger partial charge >= 0.3 is 0 Å². The zero-order valence-electron chi connectivity index (χ0n) is 8.83. The fourth-order valence-electron chi connectivity index (χ4n) is 1.16. The Hall–Kier alpha value is -1.01. The third-order valence-electron chi connectivity index (χ3n) is 1.97. The fourth-order valence-corrected chi connectivity index (χ4v) is 1.67. The van der Waals surface area contributed by atoms with E-state index in [0.717, 1.165) is 24.5 Å². The number of hydrogen-bond donors (Lipinski definition) is 1. The molecule has 16 heavy (non-hydrogen) atoms. The van der Waals surface area contributed by atoms with Gasteiger partial charge in [-0.2, -0.15) is 0 Å². The van der Waals surface area contributed by atoms with Crippen molar-refractivity contribution in [3.63, 3.8) is 0 Å². The first-order chi connectivity index (χ1) is 7.38. The number of nitrogens with one attached hydrogen (secondary N) is 1. The molecule has 1 N–H and O–H groups in total. The Kier molecular flexibility index (Phi) is 4.37. The Labute approximate surface area is 93.4 Å². The summed E-state index contributed by atoms with van der Waals surface area (Å²) in [5, 5.41) is 2.74. The van der Waals surface area contributed by atoms with Crippen molar-refractivity contribution in [3.8, 4) is 0 Å². The first kappa shape index (κ1) is 13.1. The third kappa shape index (κ3) is 4.67. The average molecular weight is 249 g/mol. The molecule has 0 atom stereocenters. The SMILES string of the molecule is CS(=O)(=O)CCNCc1cc(F)ccc1F. The fraction of sp³-hybridized carbons (Fsp3) is 0.400. The summed E-state index contributed by atoms with van der Waals surface area (Å²) < 4.78 is 47.4. The van der Waals surface area contributed by atoms with Crippen LogP contribution < -0.4 is 5.32 Å². The van der Waals surface area contributed by atoms with Gasteiger partial charge < -0.3 is 5.32 Å². The molecule has 0 saturated heterocycles. The van der Waals surface area contributed by atoms with Gasteiger partial charge in [-0.25, -0.2) is 17.2 Å². The lowest BCUT2D eigenvalue weighted by molar-refractivity contribution is 0.569. The summed E-state index contributed by atoms with van der Waals surface area (Å²) in [6.45, 7) is 0.327. The van der Waals surface area contributed by atoms with E-state index < -0.39 is 21.5 Å². The molecule has 1 rings (SSSR count). The van der Waals surface area contributed by atoms with Crippen LogP contribution in [0.1, 0.15) is 5.56 Å². The molecule has 1 aromatic carbocycles. The van der Waals surface area contributed by atoms with Crippen molar-refractivity contribution in [1.29, 1.82) is 0 Å². The van der Waals surface area contributed by atoms with Crippen LogP contribution in [0.25, 0.3) is 0 Å². The molecule has 0 fully saturated rings. The second-order valence-corrected chi connectivity index (χ2v) is 5.80. The zero-order valence-corrected chi connectivity index (χ0v) is 9.65. The highest BCUT2D eigenvalue weighted by Crippen LogP contribution is 2.08. The Balaban J connectivity index is 2.46. The predicted octanol–water partition coefficient (Wildman–Crippen LogP) is 1.10. The standard InChI is InChI=1S/C10H13F2NO2S/c1-16(14,15)5-4-13-7-8-6-9(11)2-3-10(8)12/h2-3,6,13H,4-5,7H2,1H3. The van der Waals surface area contributed by atoms with Crippen LogP contribution in [0.15, 0.2) is 18.2 Å². The van der Waals surface area contributed by atoms with Gasteiger partial charge in [0.05, 0.1) is 5.75 Å². The topological polar surface area (TPSA) is 46.2 Å². The molecule has 0 unspecified atom stereocenters. The van der Waals surface area contributed by atoms with E-state index in [-0.39, 0.29) is 24.4 Å². The van der Waals surface area contributed by atoms with Crippen molar-refractivity contribution in [3.05, 3.63) is 35.4 Å². The molecule has 0 saturated carbocycles. The molecule has 0 bridgehead atoms. The van der Waals surface area contributed by atoms with E-state index in [1.807, 2.05) is 0 Å². The second kappa shape index (κ2) is 5.36. The highest BCUT2D eigenvalue weighted by Gasteiger charge is 2.04. The molecule has 3 nitrogen and oxygen atoms in total. The molecule has 0 amide bonds. The molecular formula is C10H13F2NO2S. The van der Waals surface area contributed by atoms with Gasteiger partial charge in [-0.3, -0.25) is 0 Å². The maximum atomic E-state index is 13.1. The van der Waals surface area contributed by atoms with E-state index in [4.69, 9.17) is 0 Å². The van der Waals surface area contributed by atoms with Crippen LogP contribution in [-0.2, 0) is 16.4 Å². The van der Waals surface area contributed by atoms with Crippen LogP contribution in [0.5, 0.6) is 0 Å². The Morgan fingerprint density at radius 1 is 1.31 bits per heavy atom. The first-order valence-corrected chi connectivity index (χ1v) is 6.77. The van der Waals surface area contributed by atoms with Crippen LogP contribution in [0.3, 0.4) is 0 Å². The van der Waals surface area contributed by atoms with Gasteiger partial charge in [0, 0.05) is 24.9 Å². The molecule has 0 spiro atoms. The molecule has 0 aliphatic rings. The van der Waals surface area contributed by atoms with Crippen molar-refractivity contribution >= 4 is 9.84 Å². The molecule has 0 aromatic heterocycles. The molecule has 90 valence electrons. The lowest BCUT2D eigenvalue weighted by atomic mass is 10.2. The van der Waals surface area contributed by atoms with Gasteiger partial charge in [0.2, 0.25) is 0 Å². The Morgan fingerprint density at radius 3 is 2.62 bits per heavy atom. The van der Waals surface area contributed by atoms with Gasteiger partial charge in [0.1, 0.15) is 21.5 Å². The smallest absolute Gasteiger partial charge is 0.148 e. The number of hydrogen-bond acceptors (Lipinski definition) is 3. The first-order valence-electron chi connectivity index (χ1n) is 4.71. The minimum absolute atomic E-state index is 0.0239. The van der Waals surface area contributed by atoms with E-state index >= 15 is 0 Å². The maximum Gasteiger partial charge on any atom is 0.148 e. The summed E-state index contributed by atoms with van der Waals surface area (Å²) in [6, 6.07) is 3.17. The third-order valence-corrected chi connectivity index (χ3v) is 2.92. The van der Waals surface area contributed by atoms with E-state index in [9.17, 15) is 17.2 Å². The molecule has 6 heteroatoms. The van der Waals surface area contributed by atoms with Crippen molar-refractivity contribution in [2.24, 2.45) is 0 Å². The number of benzene rings is 1. The summed E-state index contributed by atoms with van der Waals surface area (Å²) in [7, 11) is -3.03. The normalized spacial score (nSPS) is 11.7. The highest BCUT2D eigenvalue weighted by atomic mass is 32.2. The molecule has 0 aliphatic heterocycles.